The zero-order valence-electron chi connectivity index (χ0n) is 56.2. The molecule has 3 aliphatic heterocycles. The lowest BCUT2D eigenvalue weighted by Crippen LogP contribution is -2.55. The topological polar surface area (TPSA) is 275 Å². The third-order valence-electron chi connectivity index (χ3n) is 20.0. The second-order valence-corrected chi connectivity index (χ2v) is 30.0. The molecule has 4 aromatic carbocycles. The molecule has 5 fully saturated rings. The standard InChI is InChI=1S/C38H42ClN3O5.C37H49ClN6O7S/c39-29-20-18-28(19-21-29)25-46-30-23-33(42(24-30)35(43)17-9-14-26-10-3-1-4-11-26)37(45)40-32(22-27-12-5-2-6-13-27)36(44)38-41-31-15-7-8-16-34(31)47-38;1-52(48,49)43-29(14-11-24-15-18-39-19-16-24)37(47)44-22-28(50-23-26-9-12-27(38)13-10-26)21-31(44)35(46)41-30(20-25-6-3-2-4-7-25)33(45)36-42-34-32(51-36)8-5-17-40-34/h2,5-8,12-13,15-16,18-21,26,30,32-33H,1,3-4,9-11,14,17,22-25H2,(H,40,45);5,8-10,12-13,17,24-25,28-31,39,43H,2-4,6-7,11,14-16,18-23H2,1H3,(H,41,46)/t30-,32+,33+;28-,29-,30+,31+/m11/s1. The lowest BCUT2D eigenvalue weighted by Gasteiger charge is -2.31. The fourth-order valence-corrected chi connectivity index (χ4v) is 15.6. The summed E-state index contributed by atoms with van der Waals surface area (Å²) in [5, 5.41) is 10.6. The predicted molar refractivity (Wildman–Crippen MR) is 377 cm³/mol. The maximum Gasteiger partial charge on any atom is 0.268 e. The van der Waals surface area contributed by atoms with E-state index in [4.69, 9.17) is 41.5 Å². The number of Topliss-reactive ketones (excluding diaryl/α,β-unsaturated/α-hetero) is 2. The number of nitrogens with zero attached hydrogens (tertiary/aromatic N) is 5. The van der Waals surface area contributed by atoms with Gasteiger partial charge in [0.15, 0.2) is 16.8 Å². The lowest BCUT2D eigenvalue weighted by atomic mass is 9.84. The number of para-hydroxylation sites is 2. The first kappa shape index (κ1) is 72.8. The van der Waals surface area contributed by atoms with E-state index in [9.17, 15) is 37.2 Å². The molecule has 4 N–H and O–H groups in total. The van der Waals surface area contributed by atoms with Crippen LogP contribution >= 0.6 is 23.2 Å². The van der Waals surface area contributed by atoms with Gasteiger partial charge in [-0.05, 0) is 141 Å². The van der Waals surface area contributed by atoms with E-state index in [-0.39, 0.29) is 61.6 Å². The third kappa shape index (κ3) is 20.9. The Hall–Kier alpha value is -7.44. The van der Waals surface area contributed by atoms with Gasteiger partial charge in [-0.3, -0.25) is 28.8 Å². The molecule has 528 valence electrons. The van der Waals surface area contributed by atoms with E-state index in [1.807, 2.05) is 78.9 Å². The largest absolute Gasteiger partial charge is 0.434 e. The van der Waals surface area contributed by atoms with E-state index >= 15 is 0 Å². The van der Waals surface area contributed by atoms with E-state index in [0.717, 1.165) is 93.8 Å². The van der Waals surface area contributed by atoms with Crippen LogP contribution in [0.25, 0.3) is 22.3 Å². The van der Waals surface area contributed by atoms with Gasteiger partial charge in [-0.2, -0.15) is 4.98 Å². The van der Waals surface area contributed by atoms with Crippen molar-refractivity contribution in [3.8, 4) is 0 Å². The molecular weight excluding hydrogens is 1320 g/mol. The lowest BCUT2D eigenvalue weighted by molar-refractivity contribution is -0.140. The molecule has 0 unspecified atom stereocenters. The van der Waals surface area contributed by atoms with Gasteiger partial charge in [0, 0.05) is 55.0 Å². The molecule has 2 saturated carbocycles. The van der Waals surface area contributed by atoms with Crippen molar-refractivity contribution in [2.45, 2.75) is 190 Å². The van der Waals surface area contributed by atoms with E-state index in [1.165, 1.54) is 37.0 Å². The zero-order valence-corrected chi connectivity index (χ0v) is 58.5. The van der Waals surface area contributed by atoms with Gasteiger partial charge in [0.25, 0.3) is 11.8 Å². The Bertz CT molecular complexity index is 3890. The summed E-state index contributed by atoms with van der Waals surface area (Å²) in [6.45, 7) is 2.73. The number of aromatic nitrogens is 3. The number of nitrogens with one attached hydrogen (secondary N) is 4. The van der Waals surface area contributed by atoms with Crippen molar-refractivity contribution in [3.05, 3.63) is 160 Å². The highest BCUT2D eigenvalue weighted by Crippen LogP contribution is 2.33. The monoisotopic (exact) mass is 1410 g/mol. The predicted octanol–water partition coefficient (Wildman–Crippen LogP) is 11.7. The fraction of sp³-hybridized carbons (Fsp3) is 0.507. The molecule has 0 spiro atoms. The number of rotatable bonds is 28. The van der Waals surface area contributed by atoms with Crippen molar-refractivity contribution in [2.75, 3.05) is 32.4 Å². The summed E-state index contributed by atoms with van der Waals surface area (Å²) in [6, 6.07) is 30.0. The number of benzene rings is 4. The van der Waals surface area contributed by atoms with Gasteiger partial charge in [-0.15, -0.1) is 0 Å². The summed E-state index contributed by atoms with van der Waals surface area (Å²) in [7, 11) is -3.76. The number of fused-ring (bicyclic) bond motifs is 2. The van der Waals surface area contributed by atoms with Crippen molar-refractivity contribution in [3.63, 3.8) is 0 Å². The van der Waals surface area contributed by atoms with Crippen LogP contribution in [-0.4, -0.2) is 143 Å². The van der Waals surface area contributed by atoms with Crippen molar-refractivity contribution < 1.29 is 55.5 Å². The molecule has 4 amide bonds. The number of ketones is 2. The minimum atomic E-state index is -3.76. The Kier molecular flexibility index (Phi) is 25.9. The number of ether oxygens (including phenoxy) is 2. The van der Waals surface area contributed by atoms with Crippen molar-refractivity contribution in [1.82, 2.24) is 45.4 Å². The molecule has 0 bridgehead atoms. The number of carbonyl (C=O) groups excluding carboxylic acids is 6. The van der Waals surface area contributed by atoms with Crippen LogP contribution in [0.2, 0.25) is 10.0 Å². The van der Waals surface area contributed by atoms with Crippen LogP contribution in [0.1, 0.15) is 166 Å². The molecular formula is C75H91Cl2N9O12S. The van der Waals surface area contributed by atoms with Crippen LogP contribution < -0.4 is 20.7 Å². The first-order valence-electron chi connectivity index (χ1n) is 35.3. The maximum atomic E-state index is 14.4. The molecule has 24 heteroatoms. The summed E-state index contributed by atoms with van der Waals surface area (Å²) in [5.74, 6) is -1.23. The SMILES string of the molecule is CS(=O)(=O)N[C@H](CCC1CCNCC1)C(=O)N1C[C@H](OCc2ccc(Cl)cc2)C[C@H]1C(=O)N[C@@H](CC1CCCCC1)C(=O)c1nc2ncccc2o1.O=C(c1nc2ccccc2o1)[C@H](Cc1ccccc1)NC(=O)[C@@H]1C[C@@H](OCc2ccc(Cl)cc2)CN1C(=O)CCCC1CCCCC1. The molecule has 3 saturated heterocycles. The quantitative estimate of drug-likeness (QED) is 0.0332. The molecule has 7 atom stereocenters. The fourth-order valence-electron chi connectivity index (χ4n) is 14.6. The second kappa shape index (κ2) is 35.2. The minimum absolute atomic E-state index is 0.0524. The maximum absolute atomic E-state index is 14.4. The molecule has 5 aliphatic rings. The number of sulfonamides is 1. The van der Waals surface area contributed by atoms with E-state index in [1.54, 1.807) is 47.5 Å². The van der Waals surface area contributed by atoms with Gasteiger partial charge in [0.2, 0.25) is 45.2 Å². The van der Waals surface area contributed by atoms with Crippen LogP contribution in [0.4, 0.5) is 0 Å². The number of amides is 4. The summed E-state index contributed by atoms with van der Waals surface area (Å²) in [5.41, 5.74) is 4.46. The van der Waals surface area contributed by atoms with Gasteiger partial charge in [-0.25, -0.2) is 23.1 Å². The number of likely N-dealkylation sites (tertiary alicyclic amines) is 2. The number of piperidine rings is 1. The molecule has 12 rings (SSSR count). The number of halogens is 2. The molecule has 2 aliphatic carbocycles. The molecule has 99 heavy (non-hydrogen) atoms. The highest BCUT2D eigenvalue weighted by Gasteiger charge is 2.45. The van der Waals surface area contributed by atoms with Crippen molar-refractivity contribution >= 4 is 90.8 Å². The summed E-state index contributed by atoms with van der Waals surface area (Å²) >= 11 is 12.1. The van der Waals surface area contributed by atoms with Gasteiger partial charge < -0.3 is 44.1 Å². The number of carbonyl (C=O) groups is 6. The van der Waals surface area contributed by atoms with Gasteiger partial charge in [0.1, 0.15) is 29.7 Å². The summed E-state index contributed by atoms with van der Waals surface area (Å²) < 4.78 is 51.7. The number of pyridine rings is 1. The first-order chi connectivity index (χ1) is 47.9. The van der Waals surface area contributed by atoms with Crippen LogP contribution in [-0.2, 0) is 58.3 Å². The smallest absolute Gasteiger partial charge is 0.268 e. The average molecular weight is 1410 g/mol. The molecule has 0 radical (unpaired) electrons. The number of oxazole rings is 2. The Morgan fingerprint density at radius 2 is 1.14 bits per heavy atom. The average Bonchev–Trinajstić information content (AvgIpc) is 1.70. The Balaban J connectivity index is 0.000000201. The minimum Gasteiger partial charge on any atom is -0.434 e. The van der Waals surface area contributed by atoms with Gasteiger partial charge >= 0.3 is 0 Å². The number of hydrogen-bond acceptors (Lipinski definition) is 16. The van der Waals surface area contributed by atoms with E-state index in [2.05, 4.69) is 35.6 Å². The van der Waals surface area contributed by atoms with Crippen molar-refractivity contribution in [2.24, 2.45) is 17.8 Å². The van der Waals surface area contributed by atoms with Crippen LogP contribution in [0.15, 0.2) is 130 Å². The molecule has 6 heterocycles. The Morgan fingerprint density at radius 1 is 0.596 bits per heavy atom. The normalized spacial score (nSPS) is 20.4. The Morgan fingerprint density at radius 3 is 1.77 bits per heavy atom. The number of hydrogen-bond donors (Lipinski definition) is 4. The third-order valence-corrected chi connectivity index (χ3v) is 21.2. The Labute approximate surface area is 589 Å². The summed E-state index contributed by atoms with van der Waals surface area (Å²) in [6.07, 6.45) is 19.4. The van der Waals surface area contributed by atoms with Gasteiger partial charge in [-0.1, -0.05) is 154 Å². The van der Waals surface area contributed by atoms with Crippen molar-refractivity contribution in [1.29, 1.82) is 0 Å². The van der Waals surface area contributed by atoms with Crippen LogP contribution in [0, 0.1) is 17.8 Å². The van der Waals surface area contributed by atoms with Gasteiger partial charge in [0.05, 0.1) is 37.7 Å². The first-order valence-corrected chi connectivity index (χ1v) is 37.9. The highest BCUT2D eigenvalue weighted by molar-refractivity contribution is 7.88. The molecule has 3 aromatic heterocycles. The second-order valence-electron chi connectivity index (χ2n) is 27.4. The highest BCUT2D eigenvalue weighted by atomic mass is 35.5. The molecule has 7 aromatic rings. The van der Waals surface area contributed by atoms with E-state index in [0.29, 0.717) is 89.5 Å². The van der Waals surface area contributed by atoms with Crippen LogP contribution in [0.3, 0.4) is 0 Å². The zero-order chi connectivity index (χ0) is 69.3. The molecule has 21 nitrogen and oxygen atoms in total. The van der Waals surface area contributed by atoms with Crippen LogP contribution in [0.5, 0.6) is 0 Å². The summed E-state index contributed by atoms with van der Waals surface area (Å²) in [4.78, 5) is 100. The van der Waals surface area contributed by atoms with E-state index < -0.39 is 69.7 Å².